The summed E-state index contributed by atoms with van der Waals surface area (Å²) in [6, 6.07) is 5.89. The van der Waals surface area contributed by atoms with Crippen LogP contribution in [0.15, 0.2) is 29.2 Å². The first-order valence-corrected chi connectivity index (χ1v) is 8.65. The summed E-state index contributed by atoms with van der Waals surface area (Å²) in [6.45, 7) is 3.30. The van der Waals surface area contributed by atoms with Crippen molar-refractivity contribution >= 4 is 27.6 Å². The van der Waals surface area contributed by atoms with E-state index in [2.05, 4.69) is 5.32 Å². The second-order valence-corrected chi connectivity index (χ2v) is 7.34. The molecule has 0 heterocycles. The molecule has 128 valence electrons. The zero-order chi connectivity index (χ0) is 17.6. The molecule has 1 aromatic rings. The number of anilines is 1. The van der Waals surface area contributed by atoms with Crippen molar-refractivity contribution in [1.82, 2.24) is 4.31 Å². The molecular formula is C15H22N2O5S. The van der Waals surface area contributed by atoms with Gasteiger partial charge in [0.25, 0.3) is 5.91 Å². The molecule has 0 aliphatic rings. The summed E-state index contributed by atoms with van der Waals surface area (Å²) in [6.07, 6.45) is -0.0747. The molecule has 0 bridgehead atoms. The van der Waals surface area contributed by atoms with Crippen LogP contribution in [0.1, 0.15) is 26.7 Å². The maximum atomic E-state index is 12.1. The van der Waals surface area contributed by atoms with Crippen LogP contribution in [0.3, 0.4) is 0 Å². The van der Waals surface area contributed by atoms with Gasteiger partial charge in [-0.05, 0) is 31.5 Å². The van der Waals surface area contributed by atoms with Gasteiger partial charge in [-0.25, -0.2) is 12.7 Å². The zero-order valence-electron chi connectivity index (χ0n) is 13.7. The maximum Gasteiger partial charge on any atom is 0.306 e. The Labute approximate surface area is 136 Å². The zero-order valence-corrected chi connectivity index (χ0v) is 14.5. The number of hydrogen-bond donors (Lipinski definition) is 1. The van der Waals surface area contributed by atoms with Crippen LogP contribution in [-0.2, 0) is 24.3 Å². The number of carbonyl (C=O) groups is 2. The van der Waals surface area contributed by atoms with Crippen molar-refractivity contribution < 1.29 is 22.7 Å². The van der Waals surface area contributed by atoms with Gasteiger partial charge in [-0.3, -0.25) is 9.59 Å². The number of amides is 1. The number of nitrogens with zero attached hydrogens (tertiary/aromatic N) is 1. The van der Waals surface area contributed by atoms with E-state index in [-0.39, 0.29) is 11.3 Å². The summed E-state index contributed by atoms with van der Waals surface area (Å²) in [5, 5.41) is 2.54. The molecule has 1 atom stereocenters. The predicted molar refractivity (Wildman–Crippen MR) is 86.4 cm³/mol. The van der Waals surface area contributed by atoms with Crippen molar-refractivity contribution in [3.63, 3.8) is 0 Å². The molecule has 1 amide bonds. The molecule has 7 nitrogen and oxygen atoms in total. The van der Waals surface area contributed by atoms with Gasteiger partial charge in [0.2, 0.25) is 10.0 Å². The number of ether oxygens (including phenoxy) is 1. The Balaban J connectivity index is 2.82. The Morgan fingerprint density at radius 2 is 1.96 bits per heavy atom. The third-order valence-electron chi connectivity index (χ3n) is 3.01. The Morgan fingerprint density at radius 3 is 2.52 bits per heavy atom. The average Bonchev–Trinajstić information content (AvgIpc) is 2.47. The first-order chi connectivity index (χ1) is 10.7. The SMILES string of the molecule is CCCC(=O)O[C@H](C)C(=O)Nc1cccc(S(=O)(=O)N(C)C)c1. The minimum atomic E-state index is -3.59. The van der Waals surface area contributed by atoms with Gasteiger partial charge in [0.15, 0.2) is 6.10 Å². The highest BCUT2D eigenvalue weighted by Gasteiger charge is 2.20. The Kier molecular flexibility index (Phi) is 6.71. The van der Waals surface area contributed by atoms with E-state index in [0.717, 1.165) is 4.31 Å². The highest BCUT2D eigenvalue weighted by molar-refractivity contribution is 7.89. The topological polar surface area (TPSA) is 92.8 Å². The maximum absolute atomic E-state index is 12.1. The summed E-state index contributed by atoms with van der Waals surface area (Å²) in [5.41, 5.74) is 0.316. The average molecular weight is 342 g/mol. The number of hydrogen-bond acceptors (Lipinski definition) is 5. The molecule has 1 rings (SSSR count). The first kappa shape index (κ1) is 19.1. The first-order valence-electron chi connectivity index (χ1n) is 7.21. The molecule has 0 aliphatic carbocycles. The van der Waals surface area contributed by atoms with E-state index in [1.54, 1.807) is 6.07 Å². The monoisotopic (exact) mass is 342 g/mol. The molecule has 0 radical (unpaired) electrons. The molecule has 23 heavy (non-hydrogen) atoms. The molecule has 0 aromatic heterocycles. The molecule has 1 N–H and O–H groups in total. The fourth-order valence-corrected chi connectivity index (χ4v) is 2.65. The van der Waals surface area contributed by atoms with Gasteiger partial charge in [0.1, 0.15) is 0 Å². The summed E-state index contributed by atoms with van der Waals surface area (Å²) >= 11 is 0. The minimum Gasteiger partial charge on any atom is -0.453 e. The van der Waals surface area contributed by atoms with Crippen molar-refractivity contribution in [2.75, 3.05) is 19.4 Å². The molecule has 8 heteroatoms. The number of benzene rings is 1. The van der Waals surface area contributed by atoms with Crippen LogP contribution in [0.4, 0.5) is 5.69 Å². The summed E-state index contributed by atoms with van der Waals surface area (Å²) in [5.74, 6) is -0.965. The third-order valence-corrected chi connectivity index (χ3v) is 4.82. The van der Waals surface area contributed by atoms with Gasteiger partial charge in [0, 0.05) is 26.2 Å². The van der Waals surface area contributed by atoms with Crippen molar-refractivity contribution in [1.29, 1.82) is 0 Å². The second kappa shape index (κ2) is 8.07. The number of esters is 1. The van der Waals surface area contributed by atoms with Crippen molar-refractivity contribution in [3.8, 4) is 0 Å². The normalized spacial score (nSPS) is 12.7. The van der Waals surface area contributed by atoms with Gasteiger partial charge in [-0.2, -0.15) is 0 Å². The van der Waals surface area contributed by atoms with Crippen molar-refractivity contribution in [2.24, 2.45) is 0 Å². The lowest BCUT2D eigenvalue weighted by molar-refractivity contribution is -0.153. The van der Waals surface area contributed by atoms with Crippen molar-refractivity contribution in [3.05, 3.63) is 24.3 Å². The number of nitrogens with one attached hydrogen (secondary N) is 1. The molecular weight excluding hydrogens is 320 g/mol. The van der Waals surface area contributed by atoms with Crippen LogP contribution >= 0.6 is 0 Å². The number of sulfonamides is 1. The largest absolute Gasteiger partial charge is 0.453 e. The second-order valence-electron chi connectivity index (χ2n) is 5.19. The van der Waals surface area contributed by atoms with Crippen LogP contribution in [-0.4, -0.2) is 44.8 Å². The van der Waals surface area contributed by atoms with E-state index in [0.29, 0.717) is 12.1 Å². The lowest BCUT2D eigenvalue weighted by Crippen LogP contribution is -2.30. The lowest BCUT2D eigenvalue weighted by atomic mass is 10.3. The van der Waals surface area contributed by atoms with Gasteiger partial charge in [0.05, 0.1) is 4.90 Å². The smallest absolute Gasteiger partial charge is 0.306 e. The fourth-order valence-electron chi connectivity index (χ4n) is 1.70. The van der Waals surface area contributed by atoms with E-state index in [9.17, 15) is 18.0 Å². The van der Waals surface area contributed by atoms with Gasteiger partial charge in [-0.15, -0.1) is 0 Å². The van der Waals surface area contributed by atoms with E-state index in [1.165, 1.54) is 39.2 Å². The standard InChI is InChI=1S/C15H22N2O5S/c1-5-7-14(18)22-11(2)15(19)16-12-8-6-9-13(10-12)23(20,21)17(3)4/h6,8-11H,5,7H2,1-4H3,(H,16,19)/t11-/m1/s1. The summed E-state index contributed by atoms with van der Waals surface area (Å²) in [4.78, 5) is 23.4. The van der Waals surface area contributed by atoms with Gasteiger partial charge >= 0.3 is 5.97 Å². The number of carbonyl (C=O) groups excluding carboxylic acids is 2. The Bertz CT molecular complexity index is 670. The van der Waals surface area contributed by atoms with E-state index >= 15 is 0 Å². The highest BCUT2D eigenvalue weighted by Crippen LogP contribution is 2.18. The lowest BCUT2D eigenvalue weighted by Gasteiger charge is -2.15. The molecule has 0 unspecified atom stereocenters. The van der Waals surface area contributed by atoms with Crippen LogP contribution in [0.2, 0.25) is 0 Å². The van der Waals surface area contributed by atoms with Crippen LogP contribution in [0, 0.1) is 0 Å². The van der Waals surface area contributed by atoms with Crippen molar-refractivity contribution in [2.45, 2.75) is 37.7 Å². The summed E-state index contributed by atoms with van der Waals surface area (Å²) in [7, 11) is -0.732. The minimum absolute atomic E-state index is 0.0657. The highest BCUT2D eigenvalue weighted by atomic mass is 32.2. The number of rotatable bonds is 7. The third kappa shape index (κ3) is 5.33. The molecule has 0 saturated carbocycles. The van der Waals surface area contributed by atoms with E-state index < -0.39 is 28.0 Å². The fraction of sp³-hybridized carbons (Fsp3) is 0.467. The molecule has 0 saturated heterocycles. The predicted octanol–water partition coefficient (Wildman–Crippen LogP) is 1.61. The van der Waals surface area contributed by atoms with Gasteiger partial charge in [-0.1, -0.05) is 13.0 Å². The molecule has 1 aromatic carbocycles. The Hall–Kier alpha value is -1.93. The summed E-state index contributed by atoms with van der Waals surface area (Å²) < 4.78 is 30.2. The quantitative estimate of drug-likeness (QED) is 0.760. The van der Waals surface area contributed by atoms with Gasteiger partial charge < -0.3 is 10.1 Å². The molecule has 0 spiro atoms. The van der Waals surface area contributed by atoms with Crippen LogP contribution < -0.4 is 5.32 Å². The Morgan fingerprint density at radius 1 is 1.30 bits per heavy atom. The van der Waals surface area contributed by atoms with Crippen LogP contribution in [0.25, 0.3) is 0 Å². The van der Waals surface area contributed by atoms with Crippen LogP contribution in [0.5, 0.6) is 0 Å². The molecule has 0 fully saturated rings. The van der Waals surface area contributed by atoms with E-state index in [1.807, 2.05) is 6.92 Å². The molecule has 0 aliphatic heterocycles. The van der Waals surface area contributed by atoms with E-state index in [4.69, 9.17) is 4.74 Å².